The predicted octanol–water partition coefficient (Wildman–Crippen LogP) is 1.27. The van der Waals surface area contributed by atoms with Gasteiger partial charge < -0.3 is 20.2 Å². The molecule has 0 bridgehead atoms. The van der Waals surface area contributed by atoms with E-state index in [0.29, 0.717) is 19.6 Å². The number of benzene rings is 1. The van der Waals surface area contributed by atoms with Crippen molar-refractivity contribution in [2.45, 2.75) is 20.0 Å². The molecule has 20 heavy (non-hydrogen) atoms. The monoisotopic (exact) mass is 279 g/mol. The van der Waals surface area contributed by atoms with Gasteiger partial charge >= 0.3 is 6.03 Å². The number of urea groups is 1. The van der Waals surface area contributed by atoms with E-state index in [1.807, 2.05) is 39.2 Å². The van der Waals surface area contributed by atoms with Gasteiger partial charge in [-0.05, 0) is 32.1 Å². The molecule has 0 unspecified atom stereocenters. The van der Waals surface area contributed by atoms with Crippen molar-refractivity contribution >= 4 is 6.03 Å². The molecule has 1 aromatic rings. The summed E-state index contributed by atoms with van der Waals surface area (Å²) in [6, 6.07) is 7.95. The number of amides is 2. The Morgan fingerprint density at radius 3 is 2.45 bits per heavy atom. The van der Waals surface area contributed by atoms with Crippen molar-refractivity contribution in [3.05, 3.63) is 35.4 Å². The van der Waals surface area contributed by atoms with Gasteiger partial charge in [0.2, 0.25) is 0 Å². The molecule has 0 fully saturated rings. The maximum atomic E-state index is 12.0. The van der Waals surface area contributed by atoms with Gasteiger partial charge in [0.05, 0.1) is 6.61 Å². The molecule has 0 spiro atoms. The van der Waals surface area contributed by atoms with Gasteiger partial charge in [-0.15, -0.1) is 0 Å². The van der Waals surface area contributed by atoms with Crippen molar-refractivity contribution in [2.24, 2.45) is 0 Å². The highest BCUT2D eigenvalue weighted by atomic mass is 16.3. The van der Waals surface area contributed by atoms with Crippen LogP contribution >= 0.6 is 0 Å². The second kappa shape index (κ2) is 8.55. The minimum absolute atomic E-state index is 0.0154. The molecule has 5 heteroatoms. The number of carbonyl (C=O) groups is 1. The number of nitrogens with one attached hydrogen (secondary N) is 1. The Labute approximate surface area is 121 Å². The van der Waals surface area contributed by atoms with Gasteiger partial charge in [0.1, 0.15) is 0 Å². The summed E-state index contributed by atoms with van der Waals surface area (Å²) in [7, 11) is 4.05. The van der Waals surface area contributed by atoms with Gasteiger partial charge in [0, 0.05) is 26.2 Å². The van der Waals surface area contributed by atoms with E-state index in [2.05, 4.69) is 16.3 Å². The number of hydrogen-bond donors (Lipinski definition) is 2. The highest BCUT2D eigenvalue weighted by Crippen LogP contribution is 2.10. The number of rotatable bonds is 7. The predicted molar refractivity (Wildman–Crippen MR) is 80.4 cm³/mol. The highest BCUT2D eigenvalue weighted by Gasteiger charge is 2.11. The van der Waals surface area contributed by atoms with Gasteiger partial charge in [-0.3, -0.25) is 0 Å². The number of aliphatic hydroxyl groups excluding tert-OH is 1. The molecule has 0 radical (unpaired) electrons. The van der Waals surface area contributed by atoms with Gasteiger partial charge in [0.15, 0.2) is 0 Å². The van der Waals surface area contributed by atoms with Gasteiger partial charge in [0.25, 0.3) is 0 Å². The maximum Gasteiger partial charge on any atom is 0.317 e. The molecule has 0 atom stereocenters. The fraction of sp³-hybridized carbons (Fsp3) is 0.533. The highest BCUT2D eigenvalue weighted by molar-refractivity contribution is 5.74. The topological polar surface area (TPSA) is 55.8 Å². The zero-order valence-electron chi connectivity index (χ0n) is 12.6. The van der Waals surface area contributed by atoms with Crippen LogP contribution in [0.4, 0.5) is 4.79 Å². The van der Waals surface area contributed by atoms with Crippen molar-refractivity contribution in [2.75, 3.05) is 33.8 Å². The first-order valence-corrected chi connectivity index (χ1v) is 6.93. The Morgan fingerprint density at radius 1 is 1.25 bits per heavy atom. The zero-order chi connectivity index (χ0) is 15.0. The van der Waals surface area contributed by atoms with Crippen molar-refractivity contribution in [1.29, 1.82) is 0 Å². The summed E-state index contributed by atoms with van der Waals surface area (Å²) >= 11 is 0. The van der Waals surface area contributed by atoms with E-state index < -0.39 is 0 Å². The summed E-state index contributed by atoms with van der Waals surface area (Å²) in [5.74, 6) is 0. The van der Waals surface area contributed by atoms with Crippen molar-refractivity contribution in [3.8, 4) is 0 Å². The summed E-state index contributed by atoms with van der Waals surface area (Å²) < 4.78 is 0. The smallest absolute Gasteiger partial charge is 0.317 e. The lowest BCUT2D eigenvalue weighted by Crippen LogP contribution is -2.41. The Kier molecular flexibility index (Phi) is 7.04. The fourth-order valence-electron chi connectivity index (χ4n) is 2.03. The van der Waals surface area contributed by atoms with E-state index in [1.165, 1.54) is 5.56 Å². The Hall–Kier alpha value is -1.59. The van der Waals surface area contributed by atoms with Crippen LogP contribution in [-0.4, -0.2) is 54.7 Å². The first-order chi connectivity index (χ1) is 9.58. The SMILES string of the molecule is CCN(CCO)C(=O)NCc1ccccc1CN(C)C. The molecule has 112 valence electrons. The van der Waals surface area contributed by atoms with Crippen LogP contribution in [0.1, 0.15) is 18.1 Å². The van der Waals surface area contributed by atoms with Crippen LogP contribution in [0.3, 0.4) is 0 Å². The summed E-state index contributed by atoms with van der Waals surface area (Å²) in [6.07, 6.45) is 0. The average Bonchev–Trinajstić information content (AvgIpc) is 2.43. The molecular weight excluding hydrogens is 254 g/mol. The molecule has 0 aliphatic carbocycles. The van der Waals surface area contributed by atoms with Gasteiger partial charge in [-0.2, -0.15) is 0 Å². The number of nitrogens with zero attached hydrogens (tertiary/aromatic N) is 2. The number of carbonyl (C=O) groups excluding carboxylic acids is 1. The van der Waals surface area contributed by atoms with E-state index in [1.54, 1.807) is 4.90 Å². The molecule has 0 saturated carbocycles. The third-order valence-electron chi connectivity index (χ3n) is 3.07. The molecular formula is C15H25N3O2. The first-order valence-electron chi connectivity index (χ1n) is 6.93. The van der Waals surface area contributed by atoms with E-state index in [0.717, 1.165) is 12.1 Å². The van der Waals surface area contributed by atoms with Crippen LogP contribution in [0.2, 0.25) is 0 Å². The van der Waals surface area contributed by atoms with E-state index >= 15 is 0 Å². The van der Waals surface area contributed by atoms with Gasteiger partial charge in [-0.1, -0.05) is 24.3 Å². The summed E-state index contributed by atoms with van der Waals surface area (Å²) in [5, 5.41) is 11.8. The third kappa shape index (κ3) is 5.19. The molecule has 1 aromatic carbocycles. The molecule has 0 heterocycles. The van der Waals surface area contributed by atoms with Crippen LogP contribution < -0.4 is 5.32 Å². The number of aliphatic hydroxyl groups is 1. The maximum absolute atomic E-state index is 12.0. The molecule has 0 aromatic heterocycles. The van der Waals surface area contributed by atoms with E-state index in [9.17, 15) is 4.79 Å². The molecule has 2 N–H and O–H groups in total. The van der Waals surface area contributed by atoms with E-state index in [4.69, 9.17) is 5.11 Å². The lowest BCUT2D eigenvalue weighted by Gasteiger charge is -2.21. The molecule has 0 saturated heterocycles. The first kappa shape index (κ1) is 16.5. The summed E-state index contributed by atoms with van der Waals surface area (Å²) in [5.41, 5.74) is 2.33. The normalized spacial score (nSPS) is 10.7. The van der Waals surface area contributed by atoms with Crippen molar-refractivity contribution in [1.82, 2.24) is 15.1 Å². The second-order valence-electron chi connectivity index (χ2n) is 4.97. The van der Waals surface area contributed by atoms with Gasteiger partial charge in [-0.25, -0.2) is 4.79 Å². The van der Waals surface area contributed by atoms with Crippen LogP contribution in [0, 0.1) is 0 Å². The summed E-state index contributed by atoms with van der Waals surface area (Å²) in [6.45, 7) is 4.19. The fourth-order valence-corrected chi connectivity index (χ4v) is 2.03. The van der Waals surface area contributed by atoms with E-state index in [-0.39, 0.29) is 12.6 Å². The minimum atomic E-state index is -0.138. The molecule has 5 nitrogen and oxygen atoms in total. The number of likely N-dealkylation sites (N-methyl/N-ethyl adjacent to an activating group) is 1. The lowest BCUT2D eigenvalue weighted by molar-refractivity contribution is 0.180. The zero-order valence-corrected chi connectivity index (χ0v) is 12.6. The Morgan fingerprint density at radius 2 is 1.90 bits per heavy atom. The largest absolute Gasteiger partial charge is 0.395 e. The van der Waals surface area contributed by atoms with Crippen molar-refractivity contribution in [3.63, 3.8) is 0 Å². The standard InChI is InChI=1S/C15H25N3O2/c1-4-18(9-10-19)15(20)16-11-13-7-5-6-8-14(13)12-17(2)3/h5-8,19H,4,9-12H2,1-3H3,(H,16,20). The Balaban J connectivity index is 2.62. The van der Waals surface area contributed by atoms with Crippen LogP contribution in [0.15, 0.2) is 24.3 Å². The lowest BCUT2D eigenvalue weighted by atomic mass is 10.1. The molecule has 0 aliphatic rings. The average molecular weight is 279 g/mol. The quantitative estimate of drug-likeness (QED) is 0.790. The van der Waals surface area contributed by atoms with Crippen molar-refractivity contribution < 1.29 is 9.90 Å². The summed E-state index contributed by atoms with van der Waals surface area (Å²) in [4.78, 5) is 15.7. The molecule has 1 rings (SSSR count). The molecule has 0 aliphatic heterocycles. The van der Waals surface area contributed by atoms with Crippen LogP contribution in [0.5, 0.6) is 0 Å². The number of hydrogen-bond acceptors (Lipinski definition) is 3. The van der Waals surface area contributed by atoms with Crippen LogP contribution in [0.25, 0.3) is 0 Å². The van der Waals surface area contributed by atoms with Crippen LogP contribution in [-0.2, 0) is 13.1 Å². The minimum Gasteiger partial charge on any atom is -0.395 e. The molecule has 2 amide bonds. The Bertz CT molecular complexity index is 421. The third-order valence-corrected chi connectivity index (χ3v) is 3.07. The second-order valence-corrected chi connectivity index (χ2v) is 4.97.